The topological polar surface area (TPSA) is 55.4 Å². The van der Waals surface area contributed by atoms with Gasteiger partial charge in [0.15, 0.2) is 0 Å². The van der Waals surface area contributed by atoms with Crippen molar-refractivity contribution in [2.75, 3.05) is 20.3 Å². The van der Waals surface area contributed by atoms with E-state index in [9.17, 15) is 8.42 Å². The number of nitrogens with one attached hydrogen (secondary N) is 1. The Morgan fingerprint density at radius 3 is 2.50 bits per heavy atom. The van der Waals surface area contributed by atoms with Gasteiger partial charge in [-0.3, -0.25) is 0 Å². The molecule has 0 aromatic heterocycles. The van der Waals surface area contributed by atoms with Crippen molar-refractivity contribution in [3.63, 3.8) is 0 Å². The van der Waals surface area contributed by atoms with Gasteiger partial charge in [-0.2, -0.15) is 0 Å². The van der Waals surface area contributed by atoms with E-state index < -0.39 is 10.0 Å². The number of hydrogen-bond donors (Lipinski definition) is 1. The normalized spacial score (nSPS) is 11.6. The largest absolute Gasteiger partial charge is 0.383 e. The molecule has 0 saturated heterocycles. The highest BCUT2D eigenvalue weighted by atomic mass is 35.5. The average Bonchev–Trinajstić information content (AvgIpc) is 2.21. The first-order chi connectivity index (χ1) is 7.53. The summed E-state index contributed by atoms with van der Waals surface area (Å²) in [6, 6.07) is 6.72. The number of ether oxygens (including phenoxy) is 1. The molecular weight excluding hydrogens is 250 g/mol. The van der Waals surface area contributed by atoms with Gasteiger partial charge in [0.1, 0.15) is 0 Å². The lowest BCUT2D eigenvalue weighted by molar-refractivity contribution is 0.204. The van der Waals surface area contributed by atoms with Gasteiger partial charge < -0.3 is 4.74 Å². The van der Waals surface area contributed by atoms with Gasteiger partial charge in [-0.25, -0.2) is 13.1 Å². The Morgan fingerprint density at radius 1 is 1.31 bits per heavy atom. The lowest BCUT2D eigenvalue weighted by atomic mass is 10.2. The fourth-order valence-electron chi connectivity index (χ4n) is 1.15. The van der Waals surface area contributed by atoms with Crippen molar-refractivity contribution in [3.05, 3.63) is 34.9 Å². The Morgan fingerprint density at radius 2 is 1.94 bits per heavy atom. The highest BCUT2D eigenvalue weighted by Gasteiger charge is 2.10. The Hall–Kier alpha value is -0.620. The first-order valence-corrected chi connectivity index (χ1v) is 6.77. The summed E-state index contributed by atoms with van der Waals surface area (Å²) in [6.45, 7) is 0.645. The van der Waals surface area contributed by atoms with Gasteiger partial charge in [0.2, 0.25) is 10.0 Å². The highest BCUT2D eigenvalue weighted by Crippen LogP contribution is 2.11. The van der Waals surface area contributed by atoms with E-state index in [0.717, 1.165) is 0 Å². The molecule has 0 spiro atoms. The number of benzene rings is 1. The summed E-state index contributed by atoms with van der Waals surface area (Å²) in [5, 5.41) is 0.591. The molecule has 0 unspecified atom stereocenters. The van der Waals surface area contributed by atoms with E-state index in [1.54, 1.807) is 24.3 Å². The van der Waals surface area contributed by atoms with E-state index in [0.29, 0.717) is 17.2 Å². The average molecular weight is 264 g/mol. The predicted octanol–water partition coefficient (Wildman–Crippen LogP) is 1.41. The summed E-state index contributed by atoms with van der Waals surface area (Å²) < 4.78 is 30.3. The molecular formula is C10H14ClNO3S. The van der Waals surface area contributed by atoms with E-state index in [1.165, 1.54) is 7.11 Å². The first-order valence-electron chi connectivity index (χ1n) is 4.74. The molecule has 1 rings (SSSR count). The van der Waals surface area contributed by atoms with Crippen LogP contribution in [0.5, 0.6) is 0 Å². The summed E-state index contributed by atoms with van der Waals surface area (Å²) in [7, 11) is -1.77. The van der Waals surface area contributed by atoms with Crippen LogP contribution >= 0.6 is 11.6 Å². The molecule has 0 bridgehead atoms. The Bertz CT molecular complexity index is 416. The van der Waals surface area contributed by atoms with Crippen LogP contribution in [0.25, 0.3) is 0 Å². The van der Waals surface area contributed by atoms with Crippen molar-refractivity contribution in [3.8, 4) is 0 Å². The van der Waals surface area contributed by atoms with Crippen molar-refractivity contribution < 1.29 is 13.2 Å². The van der Waals surface area contributed by atoms with Crippen LogP contribution in [0.4, 0.5) is 0 Å². The SMILES string of the molecule is COCCNS(=O)(=O)Cc1ccc(Cl)cc1. The molecule has 16 heavy (non-hydrogen) atoms. The van der Waals surface area contributed by atoms with E-state index in [2.05, 4.69) is 4.72 Å². The maximum absolute atomic E-state index is 11.6. The summed E-state index contributed by atoms with van der Waals surface area (Å²) in [6.07, 6.45) is 0. The van der Waals surface area contributed by atoms with Crippen LogP contribution < -0.4 is 4.72 Å². The fraction of sp³-hybridized carbons (Fsp3) is 0.400. The molecule has 0 amide bonds. The minimum absolute atomic E-state index is 0.0477. The lowest BCUT2D eigenvalue weighted by Gasteiger charge is -2.06. The van der Waals surface area contributed by atoms with Gasteiger partial charge in [-0.15, -0.1) is 0 Å². The summed E-state index contributed by atoms with van der Waals surface area (Å²) >= 11 is 5.70. The summed E-state index contributed by atoms with van der Waals surface area (Å²) in [5.74, 6) is -0.0477. The molecule has 0 saturated carbocycles. The number of rotatable bonds is 6. The minimum Gasteiger partial charge on any atom is -0.383 e. The van der Waals surface area contributed by atoms with Crippen LogP contribution in [0.1, 0.15) is 5.56 Å². The van der Waals surface area contributed by atoms with Crippen LogP contribution in [-0.2, 0) is 20.5 Å². The standard InChI is InChI=1S/C10H14ClNO3S/c1-15-7-6-12-16(13,14)8-9-2-4-10(11)5-3-9/h2-5,12H,6-8H2,1H3. The van der Waals surface area contributed by atoms with Crippen molar-refractivity contribution >= 4 is 21.6 Å². The van der Waals surface area contributed by atoms with Crippen LogP contribution in [-0.4, -0.2) is 28.7 Å². The van der Waals surface area contributed by atoms with E-state index in [-0.39, 0.29) is 12.3 Å². The zero-order valence-electron chi connectivity index (χ0n) is 8.94. The molecule has 0 heterocycles. The number of methoxy groups -OCH3 is 1. The Balaban J connectivity index is 2.55. The van der Waals surface area contributed by atoms with Crippen LogP contribution in [0.2, 0.25) is 5.02 Å². The molecule has 1 aromatic rings. The molecule has 0 fully saturated rings. The zero-order valence-corrected chi connectivity index (χ0v) is 10.5. The molecule has 4 nitrogen and oxygen atoms in total. The molecule has 1 N–H and O–H groups in total. The second-order valence-corrected chi connectivity index (χ2v) is 5.52. The third kappa shape index (κ3) is 4.94. The van der Waals surface area contributed by atoms with Crippen LogP contribution in [0.3, 0.4) is 0 Å². The number of halogens is 1. The van der Waals surface area contributed by atoms with Gasteiger partial charge in [-0.1, -0.05) is 23.7 Å². The molecule has 90 valence electrons. The van der Waals surface area contributed by atoms with E-state index >= 15 is 0 Å². The van der Waals surface area contributed by atoms with E-state index in [4.69, 9.17) is 16.3 Å². The second-order valence-electron chi connectivity index (χ2n) is 3.27. The van der Waals surface area contributed by atoms with Crippen molar-refractivity contribution in [2.24, 2.45) is 0 Å². The molecule has 0 aliphatic heterocycles. The molecule has 6 heteroatoms. The number of sulfonamides is 1. The monoisotopic (exact) mass is 263 g/mol. The van der Waals surface area contributed by atoms with Crippen molar-refractivity contribution in [1.29, 1.82) is 0 Å². The molecule has 0 aliphatic rings. The van der Waals surface area contributed by atoms with Gasteiger partial charge >= 0.3 is 0 Å². The summed E-state index contributed by atoms with van der Waals surface area (Å²) in [5.41, 5.74) is 0.703. The summed E-state index contributed by atoms with van der Waals surface area (Å²) in [4.78, 5) is 0. The van der Waals surface area contributed by atoms with Gasteiger partial charge in [0.05, 0.1) is 12.4 Å². The lowest BCUT2D eigenvalue weighted by Crippen LogP contribution is -2.28. The van der Waals surface area contributed by atoms with Gasteiger partial charge in [0.25, 0.3) is 0 Å². The van der Waals surface area contributed by atoms with E-state index in [1.807, 2.05) is 0 Å². The third-order valence-electron chi connectivity index (χ3n) is 1.90. The smallest absolute Gasteiger partial charge is 0.215 e. The predicted molar refractivity (Wildman–Crippen MR) is 64.0 cm³/mol. The second kappa shape index (κ2) is 6.20. The third-order valence-corrected chi connectivity index (χ3v) is 3.51. The van der Waals surface area contributed by atoms with Gasteiger partial charge in [0, 0.05) is 18.7 Å². The number of hydrogen-bond acceptors (Lipinski definition) is 3. The maximum Gasteiger partial charge on any atom is 0.215 e. The van der Waals surface area contributed by atoms with Crippen molar-refractivity contribution in [2.45, 2.75) is 5.75 Å². The van der Waals surface area contributed by atoms with Crippen LogP contribution in [0, 0.1) is 0 Å². The quantitative estimate of drug-likeness (QED) is 0.790. The molecule has 1 aromatic carbocycles. The molecule has 0 aliphatic carbocycles. The maximum atomic E-state index is 11.6. The highest BCUT2D eigenvalue weighted by molar-refractivity contribution is 7.88. The first kappa shape index (κ1) is 13.4. The minimum atomic E-state index is -3.29. The van der Waals surface area contributed by atoms with Crippen LogP contribution in [0.15, 0.2) is 24.3 Å². The Kier molecular flexibility index (Phi) is 5.21. The van der Waals surface area contributed by atoms with Gasteiger partial charge in [-0.05, 0) is 17.7 Å². The molecule has 0 radical (unpaired) electrons. The van der Waals surface area contributed by atoms with Crippen molar-refractivity contribution in [1.82, 2.24) is 4.72 Å². The molecule has 0 atom stereocenters. The fourth-order valence-corrected chi connectivity index (χ4v) is 2.40. The Labute approximate surface area is 101 Å². The zero-order chi connectivity index (χ0) is 12.0.